The van der Waals surface area contributed by atoms with Crippen molar-refractivity contribution < 1.29 is 19.5 Å². The molecule has 3 N–H and O–H groups in total. The van der Waals surface area contributed by atoms with Gasteiger partial charge in [-0.3, -0.25) is 19.4 Å². The molecule has 0 spiro atoms. The Morgan fingerprint density at radius 1 is 0.917 bits per heavy atom. The molecule has 1 aliphatic heterocycles. The quantitative estimate of drug-likeness (QED) is 0.325. The number of amides is 2. The lowest BCUT2D eigenvalue weighted by Crippen LogP contribution is -2.27. The molecule has 1 unspecified atom stereocenters. The van der Waals surface area contributed by atoms with Crippen LogP contribution >= 0.6 is 0 Å². The van der Waals surface area contributed by atoms with E-state index in [2.05, 4.69) is 15.6 Å². The van der Waals surface area contributed by atoms with Gasteiger partial charge in [-0.15, -0.1) is 0 Å². The van der Waals surface area contributed by atoms with Gasteiger partial charge in [-0.25, -0.2) is 0 Å². The second kappa shape index (κ2) is 10.2. The third-order valence-electron chi connectivity index (χ3n) is 6.63. The van der Waals surface area contributed by atoms with E-state index in [-0.39, 0.29) is 35.7 Å². The van der Waals surface area contributed by atoms with Crippen molar-refractivity contribution in [2.45, 2.75) is 25.7 Å². The SMILES string of the molecule is O=C(CC1CN=C(c2ccc(O)cc2)C1)NCCCC(=O)Nc1cccc2c1C(=O)c1ccccc1-2. The fraction of sp³-hybridized carbons (Fsp3) is 0.241. The number of carbonyl (C=O) groups excluding carboxylic acids is 3. The van der Waals surface area contributed by atoms with Crippen LogP contribution < -0.4 is 10.6 Å². The first kappa shape index (κ1) is 23.5. The van der Waals surface area contributed by atoms with Crippen molar-refractivity contribution in [3.05, 3.63) is 83.4 Å². The number of carbonyl (C=O) groups is 3. The van der Waals surface area contributed by atoms with Crippen molar-refractivity contribution in [3.8, 4) is 16.9 Å². The van der Waals surface area contributed by atoms with Crippen molar-refractivity contribution in [1.29, 1.82) is 0 Å². The van der Waals surface area contributed by atoms with Crippen LogP contribution in [0.2, 0.25) is 0 Å². The number of aromatic hydroxyl groups is 1. The maximum absolute atomic E-state index is 12.9. The van der Waals surface area contributed by atoms with Gasteiger partial charge in [0.1, 0.15) is 5.75 Å². The molecule has 182 valence electrons. The van der Waals surface area contributed by atoms with Crippen LogP contribution in [0.15, 0.2) is 71.7 Å². The summed E-state index contributed by atoms with van der Waals surface area (Å²) in [5, 5.41) is 15.2. The molecule has 0 saturated carbocycles. The Morgan fingerprint density at radius 2 is 1.67 bits per heavy atom. The van der Waals surface area contributed by atoms with Gasteiger partial charge in [0, 0.05) is 37.2 Å². The molecule has 0 aromatic heterocycles. The maximum atomic E-state index is 12.9. The molecule has 0 bridgehead atoms. The fourth-order valence-corrected chi connectivity index (χ4v) is 4.84. The van der Waals surface area contributed by atoms with Crippen LogP contribution in [-0.2, 0) is 9.59 Å². The Balaban J connectivity index is 1.05. The summed E-state index contributed by atoms with van der Waals surface area (Å²) in [4.78, 5) is 42.3. The van der Waals surface area contributed by atoms with E-state index in [1.165, 1.54) is 0 Å². The van der Waals surface area contributed by atoms with Crippen LogP contribution in [0.4, 0.5) is 5.69 Å². The molecule has 36 heavy (non-hydrogen) atoms. The minimum atomic E-state index is -0.191. The van der Waals surface area contributed by atoms with Crippen molar-refractivity contribution in [2.24, 2.45) is 10.9 Å². The molecule has 3 aromatic carbocycles. The van der Waals surface area contributed by atoms with E-state index >= 15 is 0 Å². The van der Waals surface area contributed by atoms with E-state index in [4.69, 9.17) is 0 Å². The number of benzene rings is 3. The summed E-state index contributed by atoms with van der Waals surface area (Å²) in [5.74, 6) is 0.0526. The average molecular weight is 482 g/mol. The molecule has 1 aliphatic carbocycles. The number of phenols is 1. The van der Waals surface area contributed by atoms with Crippen molar-refractivity contribution in [3.63, 3.8) is 0 Å². The zero-order valence-electron chi connectivity index (χ0n) is 19.8. The zero-order valence-corrected chi connectivity index (χ0v) is 19.8. The molecular weight excluding hydrogens is 454 g/mol. The van der Waals surface area contributed by atoms with Crippen molar-refractivity contribution in [2.75, 3.05) is 18.4 Å². The highest BCUT2D eigenvalue weighted by molar-refractivity contribution is 6.25. The minimum absolute atomic E-state index is 0.0493. The number of hydrogen-bond acceptors (Lipinski definition) is 5. The molecule has 2 aliphatic rings. The van der Waals surface area contributed by atoms with Gasteiger partial charge in [-0.05, 0) is 65.8 Å². The molecule has 1 heterocycles. The smallest absolute Gasteiger partial charge is 0.224 e. The molecule has 2 amide bonds. The van der Waals surface area contributed by atoms with E-state index in [0.29, 0.717) is 42.7 Å². The fourth-order valence-electron chi connectivity index (χ4n) is 4.84. The summed E-state index contributed by atoms with van der Waals surface area (Å²) in [5.41, 5.74) is 5.36. The number of nitrogens with one attached hydrogen (secondary N) is 2. The molecule has 7 heteroatoms. The summed E-state index contributed by atoms with van der Waals surface area (Å²) in [6.45, 7) is 1.01. The van der Waals surface area contributed by atoms with Crippen molar-refractivity contribution in [1.82, 2.24) is 5.32 Å². The number of anilines is 1. The van der Waals surface area contributed by atoms with Gasteiger partial charge in [0.05, 0.1) is 11.3 Å². The predicted octanol–water partition coefficient (Wildman–Crippen LogP) is 4.34. The van der Waals surface area contributed by atoms with E-state index in [1.54, 1.807) is 24.3 Å². The lowest BCUT2D eigenvalue weighted by atomic mass is 9.98. The van der Waals surface area contributed by atoms with Gasteiger partial charge in [-0.1, -0.05) is 36.4 Å². The number of hydrogen-bond donors (Lipinski definition) is 3. The monoisotopic (exact) mass is 481 g/mol. The molecule has 3 aromatic rings. The van der Waals surface area contributed by atoms with Gasteiger partial charge >= 0.3 is 0 Å². The number of phenolic OH excluding ortho intramolecular Hbond substituents is 1. The molecule has 0 saturated heterocycles. The van der Waals surface area contributed by atoms with Gasteiger partial charge in [0.25, 0.3) is 0 Å². The highest BCUT2D eigenvalue weighted by Crippen LogP contribution is 2.40. The zero-order chi connectivity index (χ0) is 25.1. The van der Waals surface area contributed by atoms with Gasteiger partial charge in [0.2, 0.25) is 11.8 Å². The van der Waals surface area contributed by atoms with Crippen molar-refractivity contribution >= 4 is 29.0 Å². The molecule has 5 rings (SSSR count). The van der Waals surface area contributed by atoms with Crippen LogP contribution in [0.1, 0.15) is 47.2 Å². The highest BCUT2D eigenvalue weighted by atomic mass is 16.3. The van der Waals surface area contributed by atoms with E-state index in [0.717, 1.165) is 28.8 Å². The van der Waals surface area contributed by atoms with Crippen LogP contribution in [0.5, 0.6) is 5.75 Å². The Bertz CT molecular complexity index is 1360. The maximum Gasteiger partial charge on any atom is 0.224 e. The van der Waals surface area contributed by atoms with E-state index in [1.807, 2.05) is 42.5 Å². The first-order valence-corrected chi connectivity index (χ1v) is 12.2. The lowest BCUT2D eigenvalue weighted by molar-refractivity contribution is -0.122. The Kier molecular flexibility index (Phi) is 6.62. The van der Waals surface area contributed by atoms with Crippen LogP contribution in [0.3, 0.4) is 0 Å². The largest absolute Gasteiger partial charge is 0.508 e. The summed E-state index contributed by atoms with van der Waals surface area (Å²) in [6, 6.07) is 19.9. The number of rotatable bonds is 8. The number of nitrogens with zero attached hydrogens (tertiary/aromatic N) is 1. The standard InChI is InChI=1S/C29H27N3O4/c33-20-12-10-19(11-13-20)25-15-18(17-31-25)16-27(35)30-14-4-9-26(34)32-24-8-3-7-22-21-5-1-2-6-23(21)29(36)28(22)24/h1-3,5-8,10-13,18,33H,4,9,14-17H2,(H,30,35)(H,32,34). The first-order valence-electron chi connectivity index (χ1n) is 12.2. The number of ketones is 1. The van der Waals surface area contributed by atoms with Gasteiger partial charge in [0.15, 0.2) is 5.78 Å². The number of fused-ring (bicyclic) bond motifs is 3. The van der Waals surface area contributed by atoms with Gasteiger partial charge < -0.3 is 15.7 Å². The summed E-state index contributed by atoms with van der Waals surface area (Å²) >= 11 is 0. The molecule has 0 fully saturated rings. The van der Waals surface area contributed by atoms with Gasteiger partial charge in [-0.2, -0.15) is 0 Å². The van der Waals surface area contributed by atoms with Crippen LogP contribution in [-0.4, -0.2) is 41.5 Å². The molecule has 1 atom stereocenters. The van der Waals surface area contributed by atoms with Crippen LogP contribution in [0, 0.1) is 5.92 Å². The molecule has 7 nitrogen and oxygen atoms in total. The Morgan fingerprint density at radius 3 is 2.47 bits per heavy atom. The third kappa shape index (κ3) is 4.91. The summed E-state index contributed by atoms with van der Waals surface area (Å²) in [7, 11) is 0. The first-order chi connectivity index (χ1) is 17.5. The third-order valence-corrected chi connectivity index (χ3v) is 6.63. The number of aliphatic imine (C=N–C) groups is 1. The minimum Gasteiger partial charge on any atom is -0.508 e. The second-order valence-electron chi connectivity index (χ2n) is 9.21. The second-order valence-corrected chi connectivity index (χ2v) is 9.21. The molecular formula is C29H27N3O4. The van der Waals surface area contributed by atoms with Crippen LogP contribution in [0.25, 0.3) is 11.1 Å². The Labute approximate surface area is 209 Å². The summed E-state index contributed by atoms with van der Waals surface area (Å²) < 4.78 is 0. The normalized spacial score (nSPS) is 15.7. The summed E-state index contributed by atoms with van der Waals surface area (Å²) in [6.07, 6.45) is 1.85. The topological polar surface area (TPSA) is 108 Å². The van der Waals surface area contributed by atoms with E-state index in [9.17, 15) is 19.5 Å². The highest BCUT2D eigenvalue weighted by Gasteiger charge is 2.29. The molecule has 0 radical (unpaired) electrons. The average Bonchev–Trinajstić information content (AvgIpc) is 3.46. The lowest BCUT2D eigenvalue weighted by Gasteiger charge is -2.11. The van der Waals surface area contributed by atoms with E-state index < -0.39 is 0 Å². The Hall–Kier alpha value is -4.26. The predicted molar refractivity (Wildman–Crippen MR) is 138 cm³/mol.